The Balaban J connectivity index is 2.52. The lowest BCUT2D eigenvalue weighted by Gasteiger charge is -2.14. The lowest BCUT2D eigenvalue weighted by atomic mass is 10.1. The second-order valence-electron chi connectivity index (χ2n) is 3.50. The van der Waals surface area contributed by atoms with Crippen LogP contribution in [-0.4, -0.2) is 7.11 Å². The van der Waals surface area contributed by atoms with Crippen molar-refractivity contribution in [2.45, 2.75) is 4.83 Å². The topological polar surface area (TPSA) is 9.23 Å². The highest BCUT2D eigenvalue weighted by Crippen LogP contribution is 2.44. The number of ether oxygens (including phenoxy) is 1. The lowest BCUT2D eigenvalue weighted by Crippen LogP contribution is -2.00. The van der Waals surface area contributed by atoms with E-state index in [1.165, 1.54) is 24.5 Å². The Kier molecular flexibility index (Phi) is 4.54. The van der Waals surface area contributed by atoms with Crippen molar-refractivity contribution in [2.24, 2.45) is 0 Å². The van der Waals surface area contributed by atoms with Crippen LogP contribution in [-0.2, 0) is 0 Å². The number of alkyl halides is 1. The molecule has 0 spiro atoms. The molecule has 0 fully saturated rings. The van der Waals surface area contributed by atoms with Crippen LogP contribution in [0.25, 0.3) is 0 Å². The molecule has 0 N–H and O–H groups in total. The average molecular weight is 370 g/mol. The van der Waals surface area contributed by atoms with Crippen molar-refractivity contribution in [3.8, 4) is 5.75 Å². The average Bonchev–Trinajstić information content (AvgIpc) is 2.67. The molecular formula is C12H8BrCl2FOS. The molecule has 2 aromatic rings. The zero-order valence-electron chi connectivity index (χ0n) is 9.22. The summed E-state index contributed by atoms with van der Waals surface area (Å²) in [5.41, 5.74) is 1.14. The van der Waals surface area contributed by atoms with Crippen LogP contribution in [0.3, 0.4) is 0 Å². The summed E-state index contributed by atoms with van der Waals surface area (Å²) in [5, 5.41) is 0. The van der Waals surface area contributed by atoms with Crippen molar-refractivity contribution in [3.63, 3.8) is 0 Å². The largest absolute Gasteiger partial charge is 0.496 e. The van der Waals surface area contributed by atoms with Crippen LogP contribution in [0.5, 0.6) is 5.75 Å². The second-order valence-corrected chi connectivity index (χ2v) is 6.70. The van der Waals surface area contributed by atoms with Gasteiger partial charge in [-0.1, -0.05) is 45.2 Å². The van der Waals surface area contributed by atoms with E-state index in [1.54, 1.807) is 18.2 Å². The third-order valence-corrected chi connectivity index (χ3v) is 4.91. The van der Waals surface area contributed by atoms with Crippen LogP contribution in [0, 0.1) is 5.82 Å². The van der Waals surface area contributed by atoms with Crippen LogP contribution < -0.4 is 4.74 Å². The van der Waals surface area contributed by atoms with Gasteiger partial charge in [-0.3, -0.25) is 0 Å². The quantitative estimate of drug-likeness (QED) is 0.631. The van der Waals surface area contributed by atoms with Crippen LogP contribution in [0.1, 0.15) is 16.0 Å². The molecule has 1 atom stereocenters. The fourth-order valence-electron chi connectivity index (χ4n) is 1.62. The molecule has 0 aliphatic rings. The van der Waals surface area contributed by atoms with E-state index in [4.69, 9.17) is 27.9 Å². The Morgan fingerprint density at radius 1 is 1.39 bits per heavy atom. The summed E-state index contributed by atoms with van der Waals surface area (Å²) in [5.74, 6) is 0.116. The predicted molar refractivity (Wildman–Crippen MR) is 78.1 cm³/mol. The minimum Gasteiger partial charge on any atom is -0.496 e. The molecule has 0 aliphatic heterocycles. The summed E-state index contributed by atoms with van der Waals surface area (Å²) < 4.78 is 20.2. The van der Waals surface area contributed by atoms with Crippen molar-refractivity contribution >= 4 is 50.5 Å². The van der Waals surface area contributed by atoms with Gasteiger partial charge >= 0.3 is 0 Å². The molecule has 1 aromatic heterocycles. The molecule has 2 rings (SSSR count). The maximum Gasteiger partial charge on any atom is 0.131 e. The summed E-state index contributed by atoms with van der Waals surface area (Å²) in [6.07, 6.45) is 0. The van der Waals surface area contributed by atoms with Crippen molar-refractivity contribution in [1.29, 1.82) is 0 Å². The van der Waals surface area contributed by atoms with Gasteiger partial charge in [-0.2, -0.15) is 0 Å². The van der Waals surface area contributed by atoms with Crippen molar-refractivity contribution in [1.82, 2.24) is 0 Å². The molecule has 1 nitrogen and oxygen atoms in total. The fourth-order valence-corrected chi connectivity index (χ4v) is 4.24. The summed E-state index contributed by atoms with van der Waals surface area (Å²) in [6.45, 7) is 0. The van der Waals surface area contributed by atoms with Gasteiger partial charge in [0.15, 0.2) is 0 Å². The van der Waals surface area contributed by atoms with E-state index in [2.05, 4.69) is 15.9 Å². The molecule has 1 unspecified atom stereocenters. The molecule has 1 aromatic carbocycles. The van der Waals surface area contributed by atoms with E-state index in [0.717, 1.165) is 5.56 Å². The third kappa shape index (κ3) is 2.67. The van der Waals surface area contributed by atoms with Gasteiger partial charge in [-0.25, -0.2) is 4.39 Å². The molecule has 0 saturated heterocycles. The minimum atomic E-state index is -0.398. The first kappa shape index (κ1) is 14.1. The van der Waals surface area contributed by atoms with Gasteiger partial charge in [-0.15, -0.1) is 11.3 Å². The summed E-state index contributed by atoms with van der Waals surface area (Å²) in [4.78, 5) is -0.398. The zero-order chi connectivity index (χ0) is 13.3. The van der Waals surface area contributed by atoms with E-state index < -0.39 is 4.83 Å². The smallest absolute Gasteiger partial charge is 0.131 e. The monoisotopic (exact) mass is 368 g/mol. The first-order valence-electron chi connectivity index (χ1n) is 4.95. The number of hydrogen-bond donors (Lipinski definition) is 0. The van der Waals surface area contributed by atoms with Crippen LogP contribution in [0.4, 0.5) is 4.39 Å². The van der Waals surface area contributed by atoms with E-state index >= 15 is 0 Å². The normalized spacial score (nSPS) is 12.5. The summed E-state index contributed by atoms with van der Waals surface area (Å²) in [7, 11) is 1.50. The number of benzene rings is 1. The van der Waals surface area contributed by atoms with Crippen molar-refractivity contribution in [2.75, 3.05) is 7.11 Å². The van der Waals surface area contributed by atoms with Crippen LogP contribution in [0.2, 0.25) is 8.67 Å². The Morgan fingerprint density at radius 2 is 2.11 bits per heavy atom. The van der Waals surface area contributed by atoms with Gasteiger partial charge in [0.1, 0.15) is 11.6 Å². The number of thiophene rings is 1. The highest BCUT2D eigenvalue weighted by atomic mass is 79.9. The second kappa shape index (κ2) is 5.78. The first-order chi connectivity index (χ1) is 8.54. The predicted octanol–water partition coefficient (Wildman–Crippen LogP) is 5.69. The zero-order valence-corrected chi connectivity index (χ0v) is 13.1. The van der Waals surface area contributed by atoms with Crippen LogP contribution >= 0.6 is 50.5 Å². The molecule has 0 aliphatic carbocycles. The Labute approximate surface area is 127 Å². The maximum atomic E-state index is 13.9. The first-order valence-corrected chi connectivity index (χ1v) is 7.44. The van der Waals surface area contributed by atoms with Gasteiger partial charge in [-0.05, 0) is 18.2 Å². The molecule has 0 amide bonds. The minimum absolute atomic E-state index is 0.352. The highest BCUT2D eigenvalue weighted by molar-refractivity contribution is 9.09. The summed E-state index contributed by atoms with van der Waals surface area (Å²) in [6, 6.07) is 6.40. The molecular weight excluding hydrogens is 362 g/mol. The van der Waals surface area contributed by atoms with E-state index in [0.29, 0.717) is 20.0 Å². The SMILES string of the molecule is COc1cccc(F)c1C(Br)c1cc(Cl)sc1Cl. The molecule has 1 heterocycles. The van der Waals surface area contributed by atoms with E-state index in [9.17, 15) is 4.39 Å². The number of methoxy groups -OCH3 is 1. The lowest BCUT2D eigenvalue weighted by molar-refractivity contribution is 0.405. The highest BCUT2D eigenvalue weighted by Gasteiger charge is 2.23. The van der Waals surface area contributed by atoms with Crippen LogP contribution in [0.15, 0.2) is 24.3 Å². The Bertz CT molecular complexity index is 573. The molecule has 96 valence electrons. The number of hydrogen-bond acceptors (Lipinski definition) is 2. The van der Waals surface area contributed by atoms with Gasteiger partial charge in [0.2, 0.25) is 0 Å². The molecule has 0 radical (unpaired) electrons. The molecule has 6 heteroatoms. The van der Waals surface area contributed by atoms with Crippen molar-refractivity contribution < 1.29 is 9.13 Å². The number of rotatable bonds is 3. The Morgan fingerprint density at radius 3 is 2.67 bits per heavy atom. The van der Waals surface area contributed by atoms with E-state index in [-0.39, 0.29) is 5.82 Å². The van der Waals surface area contributed by atoms with Gasteiger partial charge in [0.05, 0.1) is 20.6 Å². The fraction of sp³-hybridized carbons (Fsp3) is 0.167. The standard InChI is InChI=1S/C12H8BrCl2FOS/c1-17-8-4-2-3-7(16)10(8)11(13)6-5-9(14)18-12(6)15/h2-5,11H,1H3. The van der Waals surface area contributed by atoms with Gasteiger partial charge < -0.3 is 4.74 Å². The van der Waals surface area contributed by atoms with E-state index in [1.807, 2.05) is 0 Å². The molecule has 0 bridgehead atoms. The molecule has 18 heavy (non-hydrogen) atoms. The van der Waals surface area contributed by atoms with Gasteiger partial charge in [0, 0.05) is 11.1 Å². The maximum absolute atomic E-state index is 13.9. The molecule has 0 saturated carbocycles. The van der Waals surface area contributed by atoms with Gasteiger partial charge in [0.25, 0.3) is 0 Å². The third-order valence-electron chi connectivity index (χ3n) is 2.44. The summed E-state index contributed by atoms with van der Waals surface area (Å²) >= 11 is 16.7. The Hall–Kier alpha value is -0.290. The number of halogens is 4. The van der Waals surface area contributed by atoms with Crippen molar-refractivity contribution in [3.05, 3.63) is 49.9 Å².